The Labute approximate surface area is 133 Å². The quantitative estimate of drug-likeness (QED) is 0.932. The molecule has 3 rings (SSSR count). The number of carbonyl (C=O) groups is 1. The normalized spacial score (nSPS) is 20.7. The summed E-state index contributed by atoms with van der Waals surface area (Å²) in [6.45, 7) is 8.38. The van der Waals surface area contributed by atoms with E-state index in [9.17, 15) is 4.79 Å². The second kappa shape index (κ2) is 6.69. The number of nitrogens with zero attached hydrogens (tertiary/aromatic N) is 2. The number of hydrogen-bond acceptors (Lipinski definition) is 2. The zero-order valence-electron chi connectivity index (χ0n) is 13.7. The fourth-order valence-electron chi connectivity index (χ4n) is 3.48. The van der Waals surface area contributed by atoms with Gasteiger partial charge in [-0.25, -0.2) is 4.79 Å². The van der Waals surface area contributed by atoms with Crippen LogP contribution in [0.5, 0.6) is 0 Å². The van der Waals surface area contributed by atoms with E-state index in [1.54, 1.807) is 0 Å². The molecule has 4 nitrogen and oxygen atoms in total. The number of likely N-dealkylation sites (tertiary alicyclic amines) is 1. The average Bonchev–Trinajstić information content (AvgIpc) is 2.97. The van der Waals surface area contributed by atoms with E-state index < -0.39 is 0 Å². The summed E-state index contributed by atoms with van der Waals surface area (Å²) in [4.78, 5) is 16.8. The molecule has 1 fully saturated rings. The molecule has 1 aromatic carbocycles. The van der Waals surface area contributed by atoms with Crippen LogP contribution in [0, 0.1) is 5.92 Å². The number of hydrogen-bond donors (Lipinski definition) is 1. The van der Waals surface area contributed by atoms with Crippen molar-refractivity contribution < 1.29 is 4.79 Å². The summed E-state index contributed by atoms with van der Waals surface area (Å²) in [6, 6.07) is 8.65. The van der Waals surface area contributed by atoms with E-state index in [1.165, 1.54) is 18.4 Å². The first-order valence-electron chi connectivity index (χ1n) is 8.52. The van der Waals surface area contributed by atoms with E-state index in [0.29, 0.717) is 6.04 Å². The van der Waals surface area contributed by atoms with Crippen LogP contribution in [0.15, 0.2) is 24.3 Å². The van der Waals surface area contributed by atoms with Gasteiger partial charge in [0.05, 0.1) is 0 Å². The maximum Gasteiger partial charge on any atom is 0.321 e. The van der Waals surface area contributed by atoms with Gasteiger partial charge < -0.3 is 5.32 Å². The van der Waals surface area contributed by atoms with Gasteiger partial charge in [-0.15, -0.1) is 0 Å². The van der Waals surface area contributed by atoms with Crippen LogP contribution in [0.2, 0.25) is 0 Å². The maximum absolute atomic E-state index is 12.4. The van der Waals surface area contributed by atoms with Crippen LogP contribution in [-0.2, 0) is 6.42 Å². The third-order valence-electron chi connectivity index (χ3n) is 5.12. The van der Waals surface area contributed by atoms with Crippen LogP contribution in [0.4, 0.5) is 10.5 Å². The summed E-state index contributed by atoms with van der Waals surface area (Å²) in [5, 5.41) is 3.12. The topological polar surface area (TPSA) is 35.6 Å². The van der Waals surface area contributed by atoms with Crippen molar-refractivity contribution in [2.45, 2.75) is 39.2 Å². The van der Waals surface area contributed by atoms with Gasteiger partial charge >= 0.3 is 6.03 Å². The number of piperidine rings is 1. The molecule has 120 valence electrons. The van der Waals surface area contributed by atoms with Crippen molar-refractivity contribution in [1.29, 1.82) is 0 Å². The Morgan fingerprint density at radius 3 is 2.77 bits per heavy atom. The fraction of sp³-hybridized carbons (Fsp3) is 0.611. The molecule has 0 aliphatic carbocycles. The average molecular weight is 301 g/mol. The lowest BCUT2D eigenvalue weighted by Gasteiger charge is -2.35. The predicted octanol–water partition coefficient (Wildman–Crippen LogP) is 2.88. The largest absolute Gasteiger partial charge is 0.336 e. The van der Waals surface area contributed by atoms with Gasteiger partial charge in [-0.1, -0.05) is 25.1 Å². The number of rotatable bonds is 3. The highest BCUT2D eigenvalue weighted by molar-refractivity contribution is 5.94. The first-order chi connectivity index (χ1) is 10.6. The SMILES string of the molecule is CC1CCN(C(C)CNC(=O)N2CCc3ccccc32)CC1. The zero-order valence-corrected chi connectivity index (χ0v) is 13.7. The molecule has 0 aromatic heterocycles. The van der Waals surface area contributed by atoms with Gasteiger partial charge in [0, 0.05) is 24.8 Å². The molecule has 1 aromatic rings. The highest BCUT2D eigenvalue weighted by Gasteiger charge is 2.25. The Kier molecular flexibility index (Phi) is 4.67. The minimum Gasteiger partial charge on any atom is -0.336 e. The van der Waals surface area contributed by atoms with Crippen LogP contribution in [0.25, 0.3) is 0 Å². The molecule has 0 radical (unpaired) electrons. The monoisotopic (exact) mass is 301 g/mol. The van der Waals surface area contributed by atoms with E-state index >= 15 is 0 Å². The third kappa shape index (κ3) is 3.27. The standard InChI is InChI=1S/C18H27N3O/c1-14-7-10-20(11-8-14)15(2)13-19-18(22)21-12-9-16-5-3-4-6-17(16)21/h3-6,14-15H,7-13H2,1-2H3,(H,19,22). The van der Waals surface area contributed by atoms with Crippen molar-refractivity contribution in [1.82, 2.24) is 10.2 Å². The minimum atomic E-state index is 0.0437. The second-order valence-electron chi connectivity index (χ2n) is 6.78. The Balaban J connectivity index is 1.51. The number of amides is 2. The fourth-order valence-corrected chi connectivity index (χ4v) is 3.48. The van der Waals surface area contributed by atoms with Gasteiger partial charge in [0.2, 0.25) is 0 Å². The van der Waals surface area contributed by atoms with Crippen molar-refractivity contribution in [2.24, 2.45) is 5.92 Å². The smallest absolute Gasteiger partial charge is 0.321 e. The predicted molar refractivity (Wildman–Crippen MR) is 90.3 cm³/mol. The molecule has 1 N–H and O–H groups in total. The number of fused-ring (bicyclic) bond motifs is 1. The molecule has 2 aliphatic rings. The molecule has 1 unspecified atom stereocenters. The highest BCUT2D eigenvalue weighted by Crippen LogP contribution is 2.27. The van der Waals surface area contributed by atoms with Gasteiger partial charge in [0.25, 0.3) is 0 Å². The molecule has 1 atom stereocenters. The third-order valence-corrected chi connectivity index (χ3v) is 5.12. The van der Waals surface area contributed by atoms with Crippen molar-refractivity contribution in [3.63, 3.8) is 0 Å². The molecule has 0 spiro atoms. The maximum atomic E-state index is 12.4. The Hall–Kier alpha value is -1.55. The van der Waals surface area contributed by atoms with Gasteiger partial charge in [0.1, 0.15) is 0 Å². The van der Waals surface area contributed by atoms with Crippen LogP contribution in [-0.4, -0.2) is 43.2 Å². The van der Waals surface area contributed by atoms with Gasteiger partial charge in [-0.05, 0) is 56.8 Å². The van der Waals surface area contributed by atoms with Crippen molar-refractivity contribution in [2.75, 3.05) is 31.1 Å². The summed E-state index contributed by atoms with van der Waals surface area (Å²) in [5.74, 6) is 0.846. The lowest BCUT2D eigenvalue weighted by Crippen LogP contribution is -2.48. The molecule has 2 amide bonds. The molecular formula is C18H27N3O. The van der Waals surface area contributed by atoms with Crippen LogP contribution < -0.4 is 10.2 Å². The molecule has 2 heterocycles. The summed E-state index contributed by atoms with van der Waals surface area (Å²) < 4.78 is 0. The molecule has 22 heavy (non-hydrogen) atoms. The van der Waals surface area contributed by atoms with Crippen LogP contribution in [0.1, 0.15) is 32.3 Å². The minimum absolute atomic E-state index is 0.0437. The summed E-state index contributed by atoms with van der Waals surface area (Å²) in [6.07, 6.45) is 3.51. The summed E-state index contributed by atoms with van der Waals surface area (Å²) >= 11 is 0. The molecule has 1 saturated heterocycles. The number of carbonyl (C=O) groups excluding carboxylic acids is 1. The molecule has 0 saturated carbocycles. The van der Waals surface area contributed by atoms with Crippen LogP contribution >= 0.6 is 0 Å². The molecule has 0 bridgehead atoms. The van der Waals surface area contributed by atoms with E-state index in [1.807, 2.05) is 23.1 Å². The van der Waals surface area contributed by atoms with Crippen LogP contribution in [0.3, 0.4) is 0 Å². The number of nitrogens with one attached hydrogen (secondary N) is 1. The Bertz CT molecular complexity index is 523. The highest BCUT2D eigenvalue weighted by atomic mass is 16.2. The summed E-state index contributed by atoms with van der Waals surface area (Å²) in [7, 11) is 0. The van der Waals surface area contributed by atoms with E-state index in [2.05, 4.69) is 30.1 Å². The van der Waals surface area contributed by atoms with Gasteiger partial charge in [-0.3, -0.25) is 9.80 Å². The molecule has 4 heteroatoms. The number of urea groups is 1. The Morgan fingerprint density at radius 1 is 1.27 bits per heavy atom. The number of anilines is 1. The van der Waals surface area contributed by atoms with E-state index in [4.69, 9.17) is 0 Å². The van der Waals surface area contributed by atoms with Gasteiger partial charge in [0.15, 0.2) is 0 Å². The van der Waals surface area contributed by atoms with Crippen molar-refractivity contribution in [3.05, 3.63) is 29.8 Å². The zero-order chi connectivity index (χ0) is 15.5. The Morgan fingerprint density at radius 2 is 2.00 bits per heavy atom. The number of para-hydroxylation sites is 1. The summed E-state index contributed by atoms with van der Waals surface area (Å²) in [5.41, 5.74) is 2.34. The van der Waals surface area contributed by atoms with Crippen molar-refractivity contribution >= 4 is 11.7 Å². The van der Waals surface area contributed by atoms with E-state index in [-0.39, 0.29) is 6.03 Å². The first kappa shape index (κ1) is 15.3. The number of benzene rings is 1. The van der Waals surface area contributed by atoms with Crippen molar-refractivity contribution in [3.8, 4) is 0 Å². The molecule has 2 aliphatic heterocycles. The lowest BCUT2D eigenvalue weighted by molar-refractivity contribution is 0.145. The van der Waals surface area contributed by atoms with E-state index in [0.717, 1.165) is 44.2 Å². The lowest BCUT2D eigenvalue weighted by atomic mass is 9.98. The van der Waals surface area contributed by atoms with Gasteiger partial charge in [-0.2, -0.15) is 0 Å². The first-order valence-corrected chi connectivity index (χ1v) is 8.52. The molecular weight excluding hydrogens is 274 g/mol. The second-order valence-corrected chi connectivity index (χ2v) is 6.78.